The Kier molecular flexibility index (Phi) is 4.20. The van der Waals surface area contributed by atoms with Crippen LogP contribution in [0.3, 0.4) is 0 Å². The molecule has 17 heavy (non-hydrogen) atoms. The summed E-state index contributed by atoms with van der Waals surface area (Å²) in [7, 11) is 4.05. The summed E-state index contributed by atoms with van der Waals surface area (Å²) in [4.78, 5) is 6.43. The van der Waals surface area contributed by atoms with Gasteiger partial charge in [-0.3, -0.25) is 0 Å². The highest BCUT2D eigenvalue weighted by atomic mass is 15.2. The Labute approximate surface area is 103 Å². The summed E-state index contributed by atoms with van der Waals surface area (Å²) >= 11 is 0. The van der Waals surface area contributed by atoms with Gasteiger partial charge in [0.05, 0.1) is 5.69 Å². The van der Waals surface area contributed by atoms with Crippen LogP contribution in [0.15, 0.2) is 18.3 Å². The van der Waals surface area contributed by atoms with Gasteiger partial charge in [-0.25, -0.2) is 4.98 Å². The van der Waals surface area contributed by atoms with Gasteiger partial charge in [0.2, 0.25) is 0 Å². The largest absolute Gasteiger partial charge is 0.382 e. The molecule has 0 amide bonds. The average Bonchev–Trinajstić information content (AvgIpc) is 2.38. The molecule has 0 radical (unpaired) electrons. The van der Waals surface area contributed by atoms with Crippen molar-refractivity contribution in [2.75, 3.05) is 43.9 Å². The molecule has 2 heterocycles. The van der Waals surface area contributed by atoms with Crippen LogP contribution in [0, 0.1) is 5.92 Å². The molecule has 1 unspecified atom stereocenters. The maximum Gasteiger partial charge on any atom is 0.151 e. The molecule has 1 aliphatic rings. The van der Waals surface area contributed by atoms with E-state index in [2.05, 4.69) is 21.7 Å². The van der Waals surface area contributed by atoms with E-state index in [1.54, 1.807) is 0 Å². The maximum absolute atomic E-state index is 4.39. The number of nitrogens with one attached hydrogen (secondary N) is 2. The molecule has 0 aliphatic carbocycles. The number of rotatable bonds is 4. The zero-order valence-corrected chi connectivity index (χ0v) is 10.7. The number of piperidine rings is 1. The van der Waals surface area contributed by atoms with Gasteiger partial charge >= 0.3 is 0 Å². The van der Waals surface area contributed by atoms with Gasteiger partial charge in [-0.1, -0.05) is 0 Å². The first kappa shape index (κ1) is 12.2. The molecule has 1 aromatic heterocycles. The highest BCUT2D eigenvalue weighted by molar-refractivity contribution is 5.64. The van der Waals surface area contributed by atoms with Crippen LogP contribution < -0.4 is 15.5 Å². The maximum atomic E-state index is 4.39. The van der Waals surface area contributed by atoms with Gasteiger partial charge in [0.1, 0.15) is 0 Å². The monoisotopic (exact) mass is 234 g/mol. The lowest BCUT2D eigenvalue weighted by molar-refractivity contribution is 0.393. The van der Waals surface area contributed by atoms with Gasteiger partial charge in [-0.2, -0.15) is 0 Å². The molecule has 0 spiro atoms. The Hall–Kier alpha value is -1.29. The fraction of sp³-hybridized carbons (Fsp3) is 0.615. The molecule has 1 aliphatic heterocycles. The number of aromatic nitrogens is 1. The number of hydrogen-bond donors (Lipinski definition) is 2. The summed E-state index contributed by atoms with van der Waals surface area (Å²) < 4.78 is 0. The van der Waals surface area contributed by atoms with E-state index >= 15 is 0 Å². The molecule has 1 saturated heterocycles. The average molecular weight is 234 g/mol. The van der Waals surface area contributed by atoms with Crippen molar-refractivity contribution in [3.8, 4) is 0 Å². The van der Waals surface area contributed by atoms with Crippen LogP contribution in [0.25, 0.3) is 0 Å². The third kappa shape index (κ3) is 3.33. The minimum absolute atomic E-state index is 0.735. The van der Waals surface area contributed by atoms with Crippen LogP contribution in [-0.4, -0.2) is 38.7 Å². The summed E-state index contributed by atoms with van der Waals surface area (Å²) in [5.74, 6) is 1.75. The predicted octanol–water partition coefficient (Wildman–Crippen LogP) is 1.56. The van der Waals surface area contributed by atoms with Crippen molar-refractivity contribution in [3.63, 3.8) is 0 Å². The van der Waals surface area contributed by atoms with Crippen LogP contribution >= 0.6 is 0 Å². The first-order chi connectivity index (χ1) is 8.27. The fourth-order valence-electron chi connectivity index (χ4n) is 2.24. The molecule has 4 nitrogen and oxygen atoms in total. The zero-order chi connectivity index (χ0) is 12.1. The SMILES string of the molecule is CN(C)c1ncccc1NCC1CCCNC1. The van der Waals surface area contributed by atoms with Gasteiger partial charge in [-0.15, -0.1) is 0 Å². The fourth-order valence-corrected chi connectivity index (χ4v) is 2.24. The summed E-state index contributed by atoms with van der Waals surface area (Å²) in [6, 6.07) is 4.08. The second kappa shape index (κ2) is 5.87. The van der Waals surface area contributed by atoms with Gasteiger partial charge in [0, 0.05) is 26.8 Å². The lowest BCUT2D eigenvalue weighted by Crippen LogP contribution is -2.33. The van der Waals surface area contributed by atoms with Crippen LogP contribution in [-0.2, 0) is 0 Å². The lowest BCUT2D eigenvalue weighted by Gasteiger charge is -2.24. The first-order valence-corrected chi connectivity index (χ1v) is 6.34. The number of pyridine rings is 1. The smallest absolute Gasteiger partial charge is 0.151 e. The predicted molar refractivity (Wildman–Crippen MR) is 72.6 cm³/mol. The summed E-state index contributed by atoms with van der Waals surface area (Å²) in [5, 5.41) is 6.96. The Morgan fingerprint density at radius 2 is 2.41 bits per heavy atom. The summed E-state index contributed by atoms with van der Waals surface area (Å²) in [6.45, 7) is 3.33. The Bertz CT molecular complexity index is 345. The minimum Gasteiger partial charge on any atom is -0.382 e. The number of hydrogen-bond acceptors (Lipinski definition) is 4. The van der Waals surface area contributed by atoms with Crippen LogP contribution in [0.4, 0.5) is 11.5 Å². The van der Waals surface area contributed by atoms with Crippen molar-refractivity contribution in [2.45, 2.75) is 12.8 Å². The second-order valence-corrected chi connectivity index (χ2v) is 4.86. The highest BCUT2D eigenvalue weighted by Crippen LogP contribution is 2.21. The van der Waals surface area contributed by atoms with E-state index in [9.17, 15) is 0 Å². The van der Waals surface area contributed by atoms with Crippen molar-refractivity contribution < 1.29 is 0 Å². The molecule has 4 heteroatoms. The van der Waals surface area contributed by atoms with Crippen LogP contribution in [0.5, 0.6) is 0 Å². The van der Waals surface area contributed by atoms with Gasteiger partial charge < -0.3 is 15.5 Å². The van der Waals surface area contributed by atoms with E-state index in [1.807, 2.05) is 31.3 Å². The van der Waals surface area contributed by atoms with Gasteiger partial charge in [0.25, 0.3) is 0 Å². The topological polar surface area (TPSA) is 40.2 Å². The molecule has 1 aromatic rings. The normalized spacial score (nSPS) is 20.0. The standard InChI is InChI=1S/C13H22N4/c1-17(2)13-12(6-4-8-15-13)16-10-11-5-3-7-14-9-11/h4,6,8,11,14,16H,3,5,7,9-10H2,1-2H3. The molecular weight excluding hydrogens is 212 g/mol. The third-order valence-corrected chi connectivity index (χ3v) is 3.19. The van der Waals surface area contributed by atoms with Crippen molar-refractivity contribution in [1.82, 2.24) is 10.3 Å². The molecule has 0 saturated carbocycles. The first-order valence-electron chi connectivity index (χ1n) is 6.34. The van der Waals surface area contributed by atoms with Crippen LogP contribution in [0.2, 0.25) is 0 Å². The molecule has 1 fully saturated rings. The van der Waals surface area contributed by atoms with E-state index in [1.165, 1.54) is 19.4 Å². The van der Waals surface area contributed by atoms with Crippen molar-refractivity contribution in [2.24, 2.45) is 5.92 Å². The van der Waals surface area contributed by atoms with E-state index in [0.29, 0.717) is 0 Å². The Morgan fingerprint density at radius 1 is 1.53 bits per heavy atom. The molecule has 94 valence electrons. The Balaban J connectivity index is 1.93. The summed E-state index contributed by atoms with van der Waals surface area (Å²) in [5.41, 5.74) is 1.13. The summed E-state index contributed by atoms with van der Waals surface area (Å²) in [6.07, 6.45) is 4.44. The van der Waals surface area contributed by atoms with Gasteiger partial charge in [-0.05, 0) is 44.0 Å². The third-order valence-electron chi connectivity index (χ3n) is 3.19. The molecule has 2 N–H and O–H groups in total. The molecule has 2 rings (SSSR count). The number of anilines is 2. The second-order valence-electron chi connectivity index (χ2n) is 4.86. The zero-order valence-electron chi connectivity index (χ0n) is 10.7. The van der Waals surface area contributed by atoms with E-state index < -0.39 is 0 Å². The minimum atomic E-state index is 0.735. The molecule has 0 aromatic carbocycles. The van der Waals surface area contributed by atoms with E-state index in [-0.39, 0.29) is 0 Å². The van der Waals surface area contributed by atoms with Crippen molar-refractivity contribution in [1.29, 1.82) is 0 Å². The molecule has 1 atom stereocenters. The van der Waals surface area contributed by atoms with Crippen LogP contribution in [0.1, 0.15) is 12.8 Å². The lowest BCUT2D eigenvalue weighted by atomic mass is 10.00. The van der Waals surface area contributed by atoms with Gasteiger partial charge in [0.15, 0.2) is 5.82 Å². The highest BCUT2D eigenvalue weighted by Gasteiger charge is 2.13. The Morgan fingerprint density at radius 3 is 3.12 bits per heavy atom. The number of nitrogens with zero attached hydrogens (tertiary/aromatic N) is 2. The molecular formula is C13H22N4. The quantitative estimate of drug-likeness (QED) is 0.829. The van der Waals surface area contributed by atoms with Crippen molar-refractivity contribution >= 4 is 11.5 Å². The van der Waals surface area contributed by atoms with Crippen molar-refractivity contribution in [3.05, 3.63) is 18.3 Å². The van der Waals surface area contributed by atoms with E-state index in [0.717, 1.165) is 30.5 Å². The van der Waals surface area contributed by atoms with E-state index in [4.69, 9.17) is 0 Å². The molecule has 0 bridgehead atoms.